The number of halogens is 2. The van der Waals surface area contributed by atoms with E-state index in [0.717, 1.165) is 25.9 Å². The fourth-order valence-electron chi connectivity index (χ4n) is 2.41. The predicted molar refractivity (Wildman–Crippen MR) is 73.2 cm³/mol. The molecule has 18 heavy (non-hydrogen) atoms. The highest BCUT2D eigenvalue weighted by Gasteiger charge is 2.27. The summed E-state index contributed by atoms with van der Waals surface area (Å²) >= 11 is 11.8. The van der Waals surface area contributed by atoms with E-state index in [2.05, 4.69) is 11.9 Å². The van der Waals surface area contributed by atoms with Gasteiger partial charge in [-0.1, -0.05) is 36.5 Å². The number of rotatable bonds is 3. The Morgan fingerprint density at radius 2 is 2.33 bits per heavy atom. The summed E-state index contributed by atoms with van der Waals surface area (Å²) in [6.45, 7) is 3.80. The summed E-state index contributed by atoms with van der Waals surface area (Å²) in [5.41, 5.74) is 0.453. The molecule has 0 spiro atoms. The Kier molecular flexibility index (Phi) is 4.46. The Hall–Kier alpha value is -0.800. The summed E-state index contributed by atoms with van der Waals surface area (Å²) in [5.74, 6) is 0.581. The molecule has 1 amide bonds. The molecule has 0 saturated carbocycles. The Labute approximate surface area is 117 Å². The van der Waals surface area contributed by atoms with Gasteiger partial charge in [0.25, 0.3) is 5.91 Å². The molecule has 2 rings (SSSR count). The second kappa shape index (κ2) is 5.89. The number of carbonyl (C=O) groups is 1. The maximum atomic E-state index is 12.3. The third-order valence-electron chi connectivity index (χ3n) is 3.32. The lowest BCUT2D eigenvalue weighted by atomic mass is 10.0. The van der Waals surface area contributed by atoms with Crippen LogP contribution in [0.25, 0.3) is 0 Å². The van der Waals surface area contributed by atoms with Gasteiger partial charge < -0.3 is 4.90 Å². The average molecular weight is 287 g/mol. The van der Waals surface area contributed by atoms with Crippen LogP contribution in [-0.4, -0.2) is 28.9 Å². The second-order valence-electron chi connectivity index (χ2n) is 4.68. The number of nitrogens with zero attached hydrogens (tertiary/aromatic N) is 2. The molecule has 98 valence electrons. The molecule has 1 aromatic heterocycles. The van der Waals surface area contributed by atoms with E-state index in [9.17, 15) is 4.79 Å². The topological polar surface area (TPSA) is 33.2 Å². The van der Waals surface area contributed by atoms with E-state index < -0.39 is 0 Å². The van der Waals surface area contributed by atoms with Crippen molar-refractivity contribution in [2.45, 2.75) is 26.2 Å². The van der Waals surface area contributed by atoms with E-state index in [1.807, 2.05) is 4.90 Å². The van der Waals surface area contributed by atoms with Crippen molar-refractivity contribution in [3.63, 3.8) is 0 Å². The van der Waals surface area contributed by atoms with Crippen molar-refractivity contribution in [3.8, 4) is 0 Å². The first-order valence-corrected chi connectivity index (χ1v) is 6.97. The highest BCUT2D eigenvalue weighted by molar-refractivity contribution is 6.35. The molecule has 1 saturated heterocycles. The lowest BCUT2D eigenvalue weighted by molar-refractivity contribution is 0.0786. The van der Waals surface area contributed by atoms with Crippen LogP contribution in [0.3, 0.4) is 0 Å². The number of pyridine rings is 1. The number of hydrogen-bond acceptors (Lipinski definition) is 2. The van der Waals surface area contributed by atoms with Gasteiger partial charge in [-0.05, 0) is 24.8 Å². The van der Waals surface area contributed by atoms with E-state index in [0.29, 0.717) is 21.7 Å². The number of amides is 1. The van der Waals surface area contributed by atoms with E-state index in [1.165, 1.54) is 12.6 Å². The van der Waals surface area contributed by atoms with Gasteiger partial charge in [-0.15, -0.1) is 0 Å². The lowest BCUT2D eigenvalue weighted by Crippen LogP contribution is -2.29. The van der Waals surface area contributed by atoms with Gasteiger partial charge in [-0.3, -0.25) is 4.79 Å². The van der Waals surface area contributed by atoms with Gasteiger partial charge >= 0.3 is 0 Å². The maximum absolute atomic E-state index is 12.3. The third-order valence-corrected chi connectivity index (χ3v) is 3.83. The van der Waals surface area contributed by atoms with Gasteiger partial charge in [0.2, 0.25) is 0 Å². The average Bonchev–Trinajstić information content (AvgIpc) is 2.80. The number of carbonyl (C=O) groups excluding carboxylic acids is 1. The molecule has 0 aliphatic carbocycles. The van der Waals surface area contributed by atoms with Crippen LogP contribution in [-0.2, 0) is 0 Å². The van der Waals surface area contributed by atoms with Crippen LogP contribution in [0.5, 0.6) is 0 Å². The predicted octanol–water partition coefficient (Wildman–Crippen LogP) is 3.65. The highest BCUT2D eigenvalue weighted by Crippen LogP contribution is 2.25. The first kappa shape index (κ1) is 13.6. The van der Waals surface area contributed by atoms with Crippen LogP contribution in [0.4, 0.5) is 0 Å². The second-order valence-corrected chi connectivity index (χ2v) is 5.48. The SMILES string of the molecule is CCCC1CCN(C(=O)c2cc(Cl)ncc2Cl)C1. The van der Waals surface area contributed by atoms with Crippen molar-refractivity contribution in [3.05, 3.63) is 28.0 Å². The minimum absolute atomic E-state index is 0.0390. The van der Waals surface area contributed by atoms with Gasteiger partial charge in [0.1, 0.15) is 5.15 Å². The lowest BCUT2D eigenvalue weighted by Gasteiger charge is -2.17. The smallest absolute Gasteiger partial charge is 0.255 e. The molecule has 1 unspecified atom stereocenters. The van der Waals surface area contributed by atoms with Crippen molar-refractivity contribution >= 4 is 29.1 Å². The molecule has 0 bridgehead atoms. The Balaban J connectivity index is 2.10. The molecule has 1 aliphatic rings. The molecule has 3 nitrogen and oxygen atoms in total. The van der Waals surface area contributed by atoms with Crippen LogP contribution >= 0.6 is 23.2 Å². The molecule has 1 aromatic rings. The van der Waals surface area contributed by atoms with Crippen molar-refractivity contribution in [2.24, 2.45) is 5.92 Å². The third kappa shape index (κ3) is 2.96. The van der Waals surface area contributed by atoms with Crippen LogP contribution in [0.1, 0.15) is 36.5 Å². The van der Waals surface area contributed by atoms with Crippen molar-refractivity contribution in [1.29, 1.82) is 0 Å². The Morgan fingerprint density at radius 3 is 3.06 bits per heavy atom. The standard InChI is InChI=1S/C13H16Cl2N2O/c1-2-3-9-4-5-17(8-9)13(18)10-6-12(15)16-7-11(10)14/h6-7,9H,2-5,8H2,1H3. The van der Waals surface area contributed by atoms with Crippen LogP contribution in [0.15, 0.2) is 12.3 Å². The van der Waals surface area contributed by atoms with Crippen LogP contribution < -0.4 is 0 Å². The summed E-state index contributed by atoms with van der Waals surface area (Å²) in [6, 6.07) is 1.54. The largest absolute Gasteiger partial charge is 0.338 e. The number of hydrogen-bond donors (Lipinski definition) is 0. The Bertz CT molecular complexity index is 451. The summed E-state index contributed by atoms with van der Waals surface area (Å²) in [7, 11) is 0. The first-order valence-electron chi connectivity index (χ1n) is 6.22. The van der Waals surface area contributed by atoms with Crippen molar-refractivity contribution in [2.75, 3.05) is 13.1 Å². The normalized spacial score (nSPS) is 19.3. The zero-order valence-electron chi connectivity index (χ0n) is 10.3. The molecule has 1 fully saturated rings. The Morgan fingerprint density at radius 1 is 1.56 bits per heavy atom. The summed E-state index contributed by atoms with van der Waals surface area (Å²) in [6.07, 6.45) is 4.84. The van der Waals surface area contributed by atoms with Gasteiger partial charge in [-0.25, -0.2) is 4.98 Å². The minimum Gasteiger partial charge on any atom is -0.338 e. The molecule has 0 radical (unpaired) electrons. The quantitative estimate of drug-likeness (QED) is 0.795. The number of aromatic nitrogens is 1. The van der Waals surface area contributed by atoms with E-state index >= 15 is 0 Å². The molecule has 2 heterocycles. The zero-order valence-corrected chi connectivity index (χ0v) is 11.8. The van der Waals surface area contributed by atoms with E-state index in [4.69, 9.17) is 23.2 Å². The molecular weight excluding hydrogens is 271 g/mol. The maximum Gasteiger partial charge on any atom is 0.255 e. The van der Waals surface area contributed by atoms with E-state index in [1.54, 1.807) is 6.07 Å². The molecular formula is C13H16Cl2N2O. The first-order chi connectivity index (χ1) is 8.61. The van der Waals surface area contributed by atoms with Crippen LogP contribution in [0.2, 0.25) is 10.2 Å². The molecule has 0 aromatic carbocycles. The number of likely N-dealkylation sites (tertiary alicyclic amines) is 1. The summed E-state index contributed by atoms with van der Waals surface area (Å²) in [5, 5.41) is 0.662. The monoisotopic (exact) mass is 286 g/mol. The summed E-state index contributed by atoms with van der Waals surface area (Å²) < 4.78 is 0. The van der Waals surface area contributed by atoms with Crippen molar-refractivity contribution in [1.82, 2.24) is 9.88 Å². The van der Waals surface area contributed by atoms with Crippen LogP contribution in [0, 0.1) is 5.92 Å². The van der Waals surface area contributed by atoms with Gasteiger partial charge in [0.15, 0.2) is 0 Å². The van der Waals surface area contributed by atoms with E-state index in [-0.39, 0.29) is 5.91 Å². The van der Waals surface area contributed by atoms with Gasteiger partial charge in [-0.2, -0.15) is 0 Å². The minimum atomic E-state index is -0.0390. The molecule has 5 heteroatoms. The van der Waals surface area contributed by atoms with Gasteiger partial charge in [0, 0.05) is 19.3 Å². The zero-order chi connectivity index (χ0) is 13.1. The summed E-state index contributed by atoms with van der Waals surface area (Å²) in [4.78, 5) is 18.0. The fourth-order valence-corrected chi connectivity index (χ4v) is 2.75. The highest BCUT2D eigenvalue weighted by atomic mass is 35.5. The van der Waals surface area contributed by atoms with Gasteiger partial charge in [0.05, 0.1) is 10.6 Å². The molecule has 0 N–H and O–H groups in total. The molecule has 1 atom stereocenters. The fraction of sp³-hybridized carbons (Fsp3) is 0.538. The van der Waals surface area contributed by atoms with Crippen molar-refractivity contribution < 1.29 is 4.79 Å². The molecule has 1 aliphatic heterocycles.